The zero-order chi connectivity index (χ0) is 21.2. The Morgan fingerprint density at radius 1 is 1.10 bits per heavy atom. The predicted molar refractivity (Wildman–Crippen MR) is 114 cm³/mol. The number of carbonyl (C=O) groups is 2. The number of primary amides is 2. The van der Waals surface area contributed by atoms with Gasteiger partial charge in [0.2, 0.25) is 11.8 Å². The van der Waals surface area contributed by atoms with E-state index in [4.69, 9.17) is 11.5 Å². The molecule has 5 N–H and O–H groups in total. The number of rotatable bonds is 7. The first-order chi connectivity index (χ1) is 13.7. The molecule has 0 saturated heterocycles. The van der Waals surface area contributed by atoms with Crippen LogP contribution in [0.4, 0.5) is 0 Å². The predicted octanol–water partition coefficient (Wildman–Crippen LogP) is 2.89. The van der Waals surface area contributed by atoms with Gasteiger partial charge in [0, 0.05) is 17.0 Å². The zero-order valence-electron chi connectivity index (χ0n) is 16.9. The van der Waals surface area contributed by atoms with E-state index in [1.165, 1.54) is 0 Å². The highest BCUT2D eigenvalue weighted by Crippen LogP contribution is 2.81. The van der Waals surface area contributed by atoms with E-state index in [1.807, 2.05) is 24.3 Å². The number of benzene rings is 1. The summed E-state index contributed by atoms with van der Waals surface area (Å²) in [6, 6.07) is 7.50. The summed E-state index contributed by atoms with van der Waals surface area (Å²) < 4.78 is 0.881. The van der Waals surface area contributed by atoms with E-state index in [1.54, 1.807) is 0 Å². The third-order valence-corrected chi connectivity index (χ3v) is 8.42. The van der Waals surface area contributed by atoms with E-state index in [2.05, 4.69) is 41.9 Å². The minimum atomic E-state index is -1.27. The van der Waals surface area contributed by atoms with Crippen molar-refractivity contribution in [2.45, 2.75) is 38.5 Å². The molecular weight excluding hydrogens is 432 g/mol. The van der Waals surface area contributed by atoms with Crippen LogP contribution in [0.25, 0.3) is 0 Å². The van der Waals surface area contributed by atoms with Crippen LogP contribution in [0.2, 0.25) is 0 Å². The number of nitrogens with two attached hydrogens (primary N) is 2. The molecule has 156 valence electrons. The molecule has 0 heterocycles. The fourth-order valence-electron chi connectivity index (χ4n) is 6.98. The first-order valence-electron chi connectivity index (χ1n) is 10.3. The monoisotopic (exact) mass is 460 g/mol. The van der Waals surface area contributed by atoms with Crippen molar-refractivity contribution in [2.24, 2.45) is 46.0 Å². The molecule has 2 amide bonds. The van der Waals surface area contributed by atoms with E-state index in [-0.39, 0.29) is 29.8 Å². The second kappa shape index (κ2) is 6.67. The Morgan fingerprint density at radius 3 is 2.14 bits per heavy atom. The summed E-state index contributed by atoms with van der Waals surface area (Å²) >= 11 is 3.46. The van der Waals surface area contributed by atoms with Gasteiger partial charge >= 0.3 is 0 Å². The smallest absolute Gasteiger partial charge is 0.229 e. The summed E-state index contributed by atoms with van der Waals surface area (Å²) in [5, 5.41) is 10.5. The van der Waals surface area contributed by atoms with Crippen LogP contribution in [0.1, 0.15) is 38.7 Å². The Kier molecular flexibility index (Phi) is 4.74. The molecule has 1 spiro atoms. The molecule has 29 heavy (non-hydrogen) atoms. The molecule has 3 aliphatic rings. The van der Waals surface area contributed by atoms with Crippen molar-refractivity contribution in [3.05, 3.63) is 46.5 Å². The largest absolute Gasteiger partial charge is 0.396 e. The van der Waals surface area contributed by atoms with E-state index >= 15 is 0 Å². The van der Waals surface area contributed by atoms with Crippen molar-refractivity contribution in [1.29, 1.82) is 0 Å². The summed E-state index contributed by atoms with van der Waals surface area (Å²) in [6.07, 6.45) is 6.63. The van der Waals surface area contributed by atoms with Crippen LogP contribution >= 0.6 is 15.9 Å². The summed E-state index contributed by atoms with van der Waals surface area (Å²) in [5.74, 6) is -1.64. The molecule has 0 aromatic heterocycles. The van der Waals surface area contributed by atoms with Crippen molar-refractivity contribution in [1.82, 2.24) is 0 Å². The molecule has 4 rings (SSSR count). The molecular formula is C23H29BrN2O3. The van der Waals surface area contributed by atoms with E-state index in [9.17, 15) is 14.7 Å². The third-order valence-electron chi connectivity index (χ3n) is 7.89. The normalized spacial score (nSPS) is 34.7. The molecule has 2 fully saturated rings. The average Bonchev–Trinajstić information content (AvgIpc) is 3.32. The summed E-state index contributed by atoms with van der Waals surface area (Å²) in [5.41, 5.74) is 10.4. The maximum atomic E-state index is 13.4. The number of aliphatic hydroxyl groups excluding tert-OH is 1. The molecule has 1 aromatic rings. The van der Waals surface area contributed by atoms with Gasteiger partial charge in [-0.05, 0) is 60.1 Å². The quantitative estimate of drug-likeness (QED) is 0.544. The maximum absolute atomic E-state index is 13.4. The number of hydrogen-bond acceptors (Lipinski definition) is 3. The first kappa shape index (κ1) is 20.6. The fourth-order valence-corrected chi connectivity index (χ4v) is 7.24. The van der Waals surface area contributed by atoms with Gasteiger partial charge in [-0.2, -0.15) is 0 Å². The molecule has 0 aliphatic heterocycles. The van der Waals surface area contributed by atoms with Gasteiger partial charge in [-0.15, -0.1) is 0 Å². The summed E-state index contributed by atoms with van der Waals surface area (Å²) in [6.45, 7) is 3.90. The highest BCUT2D eigenvalue weighted by molar-refractivity contribution is 9.10. The lowest BCUT2D eigenvalue weighted by Gasteiger charge is -2.52. The second-order valence-corrected chi connectivity index (χ2v) is 10.4. The Morgan fingerprint density at radius 2 is 1.69 bits per heavy atom. The molecule has 2 saturated carbocycles. The van der Waals surface area contributed by atoms with Gasteiger partial charge in [-0.3, -0.25) is 9.59 Å². The van der Waals surface area contributed by atoms with Crippen LogP contribution in [-0.2, 0) is 15.0 Å². The van der Waals surface area contributed by atoms with Gasteiger partial charge in [0.15, 0.2) is 0 Å². The summed E-state index contributed by atoms with van der Waals surface area (Å²) in [7, 11) is 0. The number of halogens is 1. The molecule has 5 nitrogen and oxygen atoms in total. The molecule has 2 bridgehead atoms. The van der Waals surface area contributed by atoms with Gasteiger partial charge in [0.1, 0.15) is 0 Å². The highest BCUT2D eigenvalue weighted by atomic mass is 79.9. The summed E-state index contributed by atoms with van der Waals surface area (Å²) in [4.78, 5) is 26.9. The Bertz CT molecular complexity index is 877. The standard InChI is InChI=1S/C23H29BrN2O3/c1-13(2)11-15(12-27)23(20(26)29)18-8-7-17(21(18)9-10-21)22(23,19(25)28)14-3-5-16(24)6-4-14/h3-8,13,15,17-18,27H,9-12H2,1-2H3,(H2,25,28)(H2,26,29)/t15-,17+,18-,22-,23-/m1/s1. The third kappa shape index (κ3) is 2.36. The topological polar surface area (TPSA) is 106 Å². The highest BCUT2D eigenvalue weighted by Gasteiger charge is 2.84. The van der Waals surface area contributed by atoms with Gasteiger partial charge in [-0.1, -0.05) is 54.1 Å². The lowest BCUT2D eigenvalue weighted by Crippen LogP contribution is -2.65. The zero-order valence-corrected chi connectivity index (χ0v) is 18.5. The second-order valence-electron chi connectivity index (χ2n) is 9.49. The van der Waals surface area contributed by atoms with Crippen molar-refractivity contribution in [3.63, 3.8) is 0 Å². The lowest BCUT2D eigenvalue weighted by molar-refractivity contribution is -0.150. The van der Waals surface area contributed by atoms with Crippen LogP contribution in [0.3, 0.4) is 0 Å². The van der Waals surface area contributed by atoms with Gasteiger partial charge in [0.25, 0.3) is 0 Å². The minimum absolute atomic E-state index is 0.165. The van der Waals surface area contributed by atoms with E-state index < -0.39 is 28.6 Å². The number of carbonyl (C=O) groups excluding carboxylic acids is 2. The maximum Gasteiger partial charge on any atom is 0.229 e. The molecule has 0 radical (unpaired) electrons. The van der Waals surface area contributed by atoms with Crippen LogP contribution < -0.4 is 11.5 Å². The SMILES string of the molecule is CC(C)C[C@H](CO)[C@]1(C(N)=O)[C@@H]2C=C[C@@H](C23CC3)[C@@]1(C(N)=O)c1ccc(Br)cc1. The average molecular weight is 461 g/mol. The Labute approximate surface area is 180 Å². The molecule has 1 aromatic carbocycles. The Balaban J connectivity index is 2.07. The van der Waals surface area contributed by atoms with Gasteiger partial charge in [0.05, 0.1) is 10.8 Å². The lowest BCUT2D eigenvalue weighted by atomic mass is 9.48. The van der Waals surface area contributed by atoms with Crippen LogP contribution in [0.5, 0.6) is 0 Å². The van der Waals surface area contributed by atoms with Crippen molar-refractivity contribution in [3.8, 4) is 0 Å². The number of hydrogen-bond donors (Lipinski definition) is 3. The number of amides is 2. The van der Waals surface area contributed by atoms with Crippen molar-refractivity contribution >= 4 is 27.7 Å². The Hall–Kier alpha value is -1.66. The van der Waals surface area contributed by atoms with Gasteiger partial charge in [-0.25, -0.2) is 0 Å². The fraction of sp³-hybridized carbons (Fsp3) is 0.565. The molecule has 0 unspecified atom stereocenters. The van der Waals surface area contributed by atoms with E-state index in [0.29, 0.717) is 6.42 Å². The van der Waals surface area contributed by atoms with Gasteiger partial charge < -0.3 is 16.6 Å². The molecule has 6 heteroatoms. The first-order valence-corrected chi connectivity index (χ1v) is 11.1. The van der Waals surface area contributed by atoms with Crippen LogP contribution in [0, 0.1) is 34.5 Å². The van der Waals surface area contributed by atoms with E-state index in [0.717, 1.165) is 22.9 Å². The molecule has 5 atom stereocenters. The number of aliphatic hydroxyl groups is 1. The van der Waals surface area contributed by atoms with Crippen LogP contribution in [-0.4, -0.2) is 23.5 Å². The number of allylic oxidation sites excluding steroid dienone is 2. The molecule has 3 aliphatic carbocycles. The van der Waals surface area contributed by atoms with Crippen molar-refractivity contribution in [2.75, 3.05) is 6.61 Å². The van der Waals surface area contributed by atoms with Crippen LogP contribution in [0.15, 0.2) is 40.9 Å². The van der Waals surface area contributed by atoms with Crippen molar-refractivity contribution < 1.29 is 14.7 Å². The minimum Gasteiger partial charge on any atom is -0.396 e.